The second-order valence-corrected chi connectivity index (χ2v) is 6.55. The maximum Gasteiger partial charge on any atom is 0.259 e. The number of rotatable bonds is 3. The molecule has 0 bridgehead atoms. The Labute approximate surface area is 155 Å². The van der Waals surface area contributed by atoms with E-state index in [0.29, 0.717) is 15.9 Å². The number of aryl methyl sites for hydroxylation is 1. The lowest BCUT2D eigenvalue weighted by molar-refractivity contribution is 0.102. The Bertz CT molecular complexity index is 1020. The number of hydrogen-bond acceptors (Lipinski definition) is 2. The fourth-order valence-corrected chi connectivity index (χ4v) is 2.97. The number of carbonyl (C=O) groups is 1. The van der Waals surface area contributed by atoms with E-state index >= 15 is 0 Å². The molecule has 8 heteroatoms. The predicted octanol–water partition coefficient (Wildman–Crippen LogP) is 4.92. The molecule has 0 atom stereocenters. The Morgan fingerprint density at radius 3 is 2.46 bits per heavy atom. The van der Waals surface area contributed by atoms with Gasteiger partial charge in [0, 0.05) is 10.5 Å². The Kier molecular flexibility index (Phi) is 4.86. The van der Waals surface area contributed by atoms with E-state index in [4.69, 9.17) is 0 Å². The molecule has 1 heterocycles. The molecule has 1 N–H and O–H groups in total. The summed E-state index contributed by atoms with van der Waals surface area (Å²) in [6.07, 6.45) is 0. The van der Waals surface area contributed by atoms with Gasteiger partial charge in [-0.05, 0) is 44.2 Å². The molecule has 0 saturated carbocycles. The predicted molar refractivity (Wildman–Crippen MR) is 95.0 cm³/mol. The van der Waals surface area contributed by atoms with Crippen LogP contribution in [0.25, 0.3) is 5.69 Å². The second kappa shape index (κ2) is 6.95. The maximum absolute atomic E-state index is 14.0. The maximum atomic E-state index is 14.0. The third-order valence-electron chi connectivity index (χ3n) is 3.84. The number of halogens is 4. The molecule has 26 heavy (non-hydrogen) atoms. The van der Waals surface area contributed by atoms with Crippen LogP contribution < -0.4 is 5.32 Å². The van der Waals surface area contributed by atoms with Crippen molar-refractivity contribution >= 4 is 27.5 Å². The minimum absolute atomic E-state index is 0.0118. The summed E-state index contributed by atoms with van der Waals surface area (Å²) in [5.41, 5.74) is 0.902. The molecule has 3 aromatic rings. The minimum atomic E-state index is -0.804. The molecule has 0 spiro atoms. The lowest BCUT2D eigenvalue weighted by atomic mass is 10.1. The molecule has 0 aliphatic rings. The van der Waals surface area contributed by atoms with E-state index in [1.54, 1.807) is 19.9 Å². The lowest BCUT2D eigenvalue weighted by Gasteiger charge is -2.08. The van der Waals surface area contributed by atoms with Crippen LogP contribution in [0.2, 0.25) is 0 Å². The largest absolute Gasteiger partial charge is 0.319 e. The second-order valence-electron chi connectivity index (χ2n) is 5.63. The van der Waals surface area contributed by atoms with Gasteiger partial charge in [0.25, 0.3) is 5.91 Å². The minimum Gasteiger partial charge on any atom is -0.319 e. The summed E-state index contributed by atoms with van der Waals surface area (Å²) >= 11 is 3.14. The summed E-state index contributed by atoms with van der Waals surface area (Å²) in [6.45, 7) is 3.16. The molecule has 0 fully saturated rings. The molecule has 2 aromatic carbocycles. The zero-order chi connectivity index (χ0) is 19.0. The number of aromatic nitrogens is 2. The van der Waals surface area contributed by atoms with E-state index < -0.39 is 23.4 Å². The Balaban J connectivity index is 1.98. The highest BCUT2D eigenvalue weighted by atomic mass is 79.9. The van der Waals surface area contributed by atoms with Gasteiger partial charge < -0.3 is 5.32 Å². The molecule has 4 nitrogen and oxygen atoms in total. The highest BCUT2D eigenvalue weighted by Gasteiger charge is 2.22. The third-order valence-corrected chi connectivity index (χ3v) is 4.33. The van der Waals surface area contributed by atoms with Crippen molar-refractivity contribution in [3.8, 4) is 5.69 Å². The molecule has 1 amide bonds. The molecular formula is C18H13BrF3N3O. The third kappa shape index (κ3) is 3.37. The first-order chi connectivity index (χ1) is 12.3. The van der Waals surface area contributed by atoms with Crippen molar-refractivity contribution in [1.82, 2.24) is 9.78 Å². The number of nitrogens with one attached hydrogen (secondary N) is 1. The van der Waals surface area contributed by atoms with Crippen LogP contribution in [0, 0.1) is 31.3 Å². The standard InChI is InChI=1S/C18H13BrF3N3O/c1-9-17(18(26)23-15-5-3-11(19)7-13(15)21)10(2)25(24-9)16-6-4-12(20)8-14(16)22/h3-8H,1-2H3,(H,23,26). The van der Waals surface area contributed by atoms with Gasteiger partial charge in [0.15, 0.2) is 5.82 Å². The van der Waals surface area contributed by atoms with Gasteiger partial charge in [-0.2, -0.15) is 5.10 Å². The van der Waals surface area contributed by atoms with Crippen LogP contribution >= 0.6 is 15.9 Å². The van der Waals surface area contributed by atoms with Gasteiger partial charge in [-0.25, -0.2) is 17.9 Å². The zero-order valence-corrected chi connectivity index (χ0v) is 15.4. The first kappa shape index (κ1) is 18.2. The molecule has 3 rings (SSSR count). The zero-order valence-electron chi connectivity index (χ0n) is 13.8. The smallest absolute Gasteiger partial charge is 0.259 e. The number of benzene rings is 2. The van der Waals surface area contributed by atoms with E-state index in [2.05, 4.69) is 26.3 Å². The molecule has 134 valence electrons. The van der Waals surface area contributed by atoms with Crippen molar-refractivity contribution in [2.75, 3.05) is 5.32 Å². The first-order valence-electron chi connectivity index (χ1n) is 7.56. The number of nitrogens with zero attached hydrogens (tertiary/aromatic N) is 2. The lowest BCUT2D eigenvalue weighted by Crippen LogP contribution is -2.15. The summed E-state index contributed by atoms with van der Waals surface area (Å²) in [5.74, 6) is -2.69. The van der Waals surface area contributed by atoms with E-state index in [1.165, 1.54) is 22.9 Å². The topological polar surface area (TPSA) is 46.9 Å². The van der Waals surface area contributed by atoms with E-state index in [9.17, 15) is 18.0 Å². The van der Waals surface area contributed by atoms with Crippen molar-refractivity contribution in [3.63, 3.8) is 0 Å². The van der Waals surface area contributed by atoms with Crippen molar-refractivity contribution in [2.45, 2.75) is 13.8 Å². The Morgan fingerprint density at radius 1 is 1.08 bits per heavy atom. The van der Waals surface area contributed by atoms with Gasteiger partial charge >= 0.3 is 0 Å². The van der Waals surface area contributed by atoms with Crippen LogP contribution in [-0.4, -0.2) is 15.7 Å². The molecule has 0 radical (unpaired) electrons. The average molecular weight is 424 g/mol. The van der Waals surface area contributed by atoms with Crippen molar-refractivity contribution < 1.29 is 18.0 Å². The van der Waals surface area contributed by atoms with Crippen LogP contribution in [-0.2, 0) is 0 Å². The van der Waals surface area contributed by atoms with Gasteiger partial charge in [0.2, 0.25) is 0 Å². The first-order valence-corrected chi connectivity index (χ1v) is 8.35. The Hall–Kier alpha value is -2.61. The van der Waals surface area contributed by atoms with Crippen LogP contribution in [0.5, 0.6) is 0 Å². The SMILES string of the molecule is Cc1nn(-c2ccc(F)cc2F)c(C)c1C(=O)Nc1ccc(Br)cc1F. The number of hydrogen-bond donors (Lipinski definition) is 1. The van der Waals surface area contributed by atoms with Gasteiger partial charge in [0.05, 0.1) is 22.6 Å². The van der Waals surface area contributed by atoms with E-state index in [-0.39, 0.29) is 16.9 Å². The van der Waals surface area contributed by atoms with E-state index in [1.807, 2.05) is 0 Å². The average Bonchev–Trinajstić information content (AvgIpc) is 2.84. The van der Waals surface area contributed by atoms with Crippen molar-refractivity contribution in [2.24, 2.45) is 0 Å². The fourth-order valence-electron chi connectivity index (χ4n) is 2.63. The molecule has 1 aromatic heterocycles. The molecule has 0 aliphatic heterocycles. The van der Waals surface area contributed by atoms with Crippen LogP contribution in [0.15, 0.2) is 40.9 Å². The van der Waals surface area contributed by atoms with E-state index in [0.717, 1.165) is 12.1 Å². The number of anilines is 1. The monoisotopic (exact) mass is 423 g/mol. The molecule has 0 saturated heterocycles. The summed E-state index contributed by atoms with van der Waals surface area (Å²) < 4.78 is 42.9. The fraction of sp³-hybridized carbons (Fsp3) is 0.111. The van der Waals surface area contributed by atoms with Crippen molar-refractivity contribution in [3.05, 3.63) is 75.3 Å². The number of amides is 1. The number of carbonyl (C=O) groups excluding carboxylic acids is 1. The Morgan fingerprint density at radius 2 is 1.81 bits per heavy atom. The highest BCUT2D eigenvalue weighted by molar-refractivity contribution is 9.10. The molecule has 0 unspecified atom stereocenters. The van der Waals surface area contributed by atoms with Crippen LogP contribution in [0.3, 0.4) is 0 Å². The van der Waals surface area contributed by atoms with Gasteiger partial charge in [0.1, 0.15) is 17.3 Å². The quantitative estimate of drug-likeness (QED) is 0.649. The summed E-state index contributed by atoms with van der Waals surface area (Å²) in [7, 11) is 0. The molecular weight excluding hydrogens is 411 g/mol. The summed E-state index contributed by atoms with van der Waals surface area (Å²) in [4.78, 5) is 12.6. The van der Waals surface area contributed by atoms with Gasteiger partial charge in [-0.1, -0.05) is 15.9 Å². The highest BCUT2D eigenvalue weighted by Crippen LogP contribution is 2.24. The van der Waals surface area contributed by atoms with Crippen LogP contribution in [0.1, 0.15) is 21.7 Å². The summed E-state index contributed by atoms with van der Waals surface area (Å²) in [5, 5.41) is 6.64. The van der Waals surface area contributed by atoms with Gasteiger partial charge in [-0.15, -0.1) is 0 Å². The normalized spacial score (nSPS) is 10.8. The summed E-state index contributed by atoms with van der Waals surface area (Å²) in [6, 6.07) is 7.32. The van der Waals surface area contributed by atoms with Gasteiger partial charge in [-0.3, -0.25) is 4.79 Å². The van der Waals surface area contributed by atoms with Crippen molar-refractivity contribution in [1.29, 1.82) is 0 Å². The molecule has 0 aliphatic carbocycles. The van der Waals surface area contributed by atoms with Crippen LogP contribution in [0.4, 0.5) is 18.9 Å².